The van der Waals surface area contributed by atoms with Crippen LogP contribution < -0.4 is 4.74 Å². The lowest BCUT2D eigenvalue weighted by molar-refractivity contribution is -0.141. The Bertz CT molecular complexity index is 519. The molecular weight excluding hydrogens is 301 g/mol. The normalized spacial score (nSPS) is 21.1. The lowest BCUT2D eigenvalue weighted by Crippen LogP contribution is -2.49. The van der Waals surface area contributed by atoms with Crippen LogP contribution in [-0.4, -0.2) is 35.8 Å². The van der Waals surface area contributed by atoms with Crippen molar-refractivity contribution < 1.29 is 14.3 Å². The van der Waals surface area contributed by atoms with Crippen molar-refractivity contribution in [2.45, 2.75) is 32.5 Å². The quantitative estimate of drug-likeness (QED) is 0.858. The number of halogens is 2. The molecule has 0 aromatic heterocycles. The Morgan fingerprint density at radius 2 is 2.20 bits per heavy atom. The predicted molar refractivity (Wildman–Crippen MR) is 78.3 cm³/mol. The minimum atomic E-state index is -0.330. The lowest BCUT2D eigenvalue weighted by Gasteiger charge is -2.32. The summed E-state index contributed by atoms with van der Waals surface area (Å²) in [5.74, 6) is 0.306. The first-order valence-electron chi connectivity index (χ1n) is 6.33. The molecule has 1 heterocycles. The number of benzene rings is 1. The Labute approximate surface area is 128 Å². The molecule has 1 aromatic carbocycles. The van der Waals surface area contributed by atoms with Crippen LogP contribution in [0.1, 0.15) is 20.8 Å². The zero-order chi connectivity index (χ0) is 14.9. The average Bonchev–Trinajstić information content (AvgIpc) is 2.62. The maximum Gasteiger partial charge on any atom is 0.263 e. The van der Waals surface area contributed by atoms with Gasteiger partial charge in [-0.3, -0.25) is 4.79 Å². The molecule has 1 saturated heterocycles. The molecule has 1 aromatic rings. The van der Waals surface area contributed by atoms with Gasteiger partial charge in [-0.1, -0.05) is 23.2 Å². The van der Waals surface area contributed by atoms with E-state index in [0.717, 1.165) is 0 Å². The molecule has 1 amide bonds. The van der Waals surface area contributed by atoms with Crippen molar-refractivity contribution in [3.8, 4) is 5.75 Å². The minimum absolute atomic E-state index is 0.0848. The molecule has 0 N–H and O–H groups in total. The van der Waals surface area contributed by atoms with Gasteiger partial charge in [0.25, 0.3) is 5.91 Å². The summed E-state index contributed by atoms with van der Waals surface area (Å²) in [6, 6.07) is 4.89. The largest absolute Gasteiger partial charge is 0.482 e. The van der Waals surface area contributed by atoms with Gasteiger partial charge in [-0.15, -0.1) is 0 Å². The fraction of sp³-hybridized carbons (Fsp3) is 0.500. The SMILES string of the molecule is CC1OCC(C)(C)N1C(=O)COc1ccc(Cl)cc1Cl. The number of carbonyl (C=O) groups is 1. The average molecular weight is 318 g/mol. The van der Waals surface area contributed by atoms with Crippen molar-refractivity contribution in [2.24, 2.45) is 0 Å². The number of nitrogens with zero attached hydrogens (tertiary/aromatic N) is 1. The maximum absolute atomic E-state index is 12.3. The van der Waals surface area contributed by atoms with Gasteiger partial charge in [-0.25, -0.2) is 0 Å². The summed E-state index contributed by atoms with van der Waals surface area (Å²) in [6.07, 6.45) is -0.248. The molecule has 0 bridgehead atoms. The molecule has 0 aliphatic carbocycles. The fourth-order valence-corrected chi connectivity index (χ4v) is 2.77. The van der Waals surface area contributed by atoms with Crippen LogP contribution in [0.2, 0.25) is 10.0 Å². The Kier molecular flexibility index (Phi) is 4.47. The van der Waals surface area contributed by atoms with Gasteiger partial charge >= 0.3 is 0 Å². The van der Waals surface area contributed by atoms with Crippen LogP contribution >= 0.6 is 23.2 Å². The second-order valence-electron chi connectivity index (χ2n) is 5.35. The molecule has 1 unspecified atom stereocenters. The van der Waals surface area contributed by atoms with Gasteiger partial charge in [0.05, 0.1) is 17.2 Å². The molecule has 1 aliphatic heterocycles. The second kappa shape index (κ2) is 5.80. The molecule has 0 spiro atoms. The Hall–Kier alpha value is -0.970. The molecule has 0 radical (unpaired) electrons. The van der Waals surface area contributed by atoms with E-state index in [-0.39, 0.29) is 24.3 Å². The molecule has 1 aliphatic rings. The first-order valence-corrected chi connectivity index (χ1v) is 7.08. The topological polar surface area (TPSA) is 38.8 Å². The number of carbonyl (C=O) groups excluding carboxylic acids is 1. The van der Waals surface area contributed by atoms with E-state index in [4.69, 9.17) is 32.7 Å². The summed E-state index contributed by atoms with van der Waals surface area (Å²) in [6.45, 7) is 6.20. The van der Waals surface area contributed by atoms with Gasteiger partial charge in [-0.2, -0.15) is 0 Å². The molecule has 1 fully saturated rings. The molecular formula is C14H17Cl2NO3. The summed E-state index contributed by atoms with van der Waals surface area (Å²) >= 11 is 11.8. The summed E-state index contributed by atoms with van der Waals surface area (Å²) in [7, 11) is 0. The molecule has 20 heavy (non-hydrogen) atoms. The molecule has 4 nitrogen and oxygen atoms in total. The summed E-state index contributed by atoms with van der Waals surface area (Å²) in [4.78, 5) is 14.0. The summed E-state index contributed by atoms with van der Waals surface area (Å²) in [5.41, 5.74) is -0.330. The first kappa shape index (κ1) is 15.4. The number of ether oxygens (including phenoxy) is 2. The number of hydrogen-bond acceptors (Lipinski definition) is 3. The van der Waals surface area contributed by atoms with E-state index in [2.05, 4.69) is 0 Å². The third kappa shape index (κ3) is 3.19. The highest BCUT2D eigenvalue weighted by molar-refractivity contribution is 6.35. The van der Waals surface area contributed by atoms with Crippen molar-refractivity contribution in [1.29, 1.82) is 0 Å². The van der Waals surface area contributed by atoms with Crippen LogP contribution in [0.4, 0.5) is 0 Å². The Morgan fingerprint density at radius 3 is 2.75 bits per heavy atom. The van der Waals surface area contributed by atoms with Crippen molar-refractivity contribution in [1.82, 2.24) is 4.90 Å². The zero-order valence-corrected chi connectivity index (χ0v) is 13.2. The second-order valence-corrected chi connectivity index (χ2v) is 6.19. The highest BCUT2D eigenvalue weighted by Crippen LogP contribution is 2.29. The predicted octanol–water partition coefficient (Wildman–Crippen LogP) is 3.36. The van der Waals surface area contributed by atoms with Gasteiger partial charge in [0.1, 0.15) is 12.0 Å². The lowest BCUT2D eigenvalue weighted by atomic mass is 10.1. The monoisotopic (exact) mass is 317 g/mol. The highest BCUT2D eigenvalue weighted by Gasteiger charge is 2.41. The van der Waals surface area contributed by atoms with Gasteiger partial charge in [0.15, 0.2) is 6.61 Å². The zero-order valence-electron chi connectivity index (χ0n) is 11.7. The Morgan fingerprint density at radius 1 is 1.50 bits per heavy atom. The summed E-state index contributed by atoms with van der Waals surface area (Å²) < 4.78 is 11.0. The molecule has 6 heteroatoms. The molecule has 110 valence electrons. The standard InChI is InChI=1S/C14H17Cl2NO3/c1-9-17(14(2,3)8-20-9)13(18)7-19-12-5-4-10(15)6-11(12)16/h4-6,9H,7-8H2,1-3H3. The van der Waals surface area contributed by atoms with E-state index in [0.29, 0.717) is 22.4 Å². The maximum atomic E-state index is 12.3. The van der Waals surface area contributed by atoms with E-state index in [1.165, 1.54) is 0 Å². The fourth-order valence-electron chi connectivity index (χ4n) is 2.30. The minimum Gasteiger partial charge on any atom is -0.482 e. The van der Waals surface area contributed by atoms with Crippen molar-refractivity contribution in [2.75, 3.05) is 13.2 Å². The highest BCUT2D eigenvalue weighted by atomic mass is 35.5. The van der Waals surface area contributed by atoms with E-state index in [1.54, 1.807) is 23.1 Å². The molecule has 2 rings (SSSR count). The van der Waals surface area contributed by atoms with Crippen LogP contribution in [0.15, 0.2) is 18.2 Å². The van der Waals surface area contributed by atoms with Gasteiger partial charge in [0.2, 0.25) is 0 Å². The smallest absolute Gasteiger partial charge is 0.263 e. The third-order valence-corrected chi connectivity index (χ3v) is 3.74. The van der Waals surface area contributed by atoms with Gasteiger partial charge in [0, 0.05) is 5.02 Å². The van der Waals surface area contributed by atoms with Crippen LogP contribution in [0.5, 0.6) is 5.75 Å². The van der Waals surface area contributed by atoms with Crippen molar-refractivity contribution in [3.05, 3.63) is 28.2 Å². The van der Waals surface area contributed by atoms with Crippen molar-refractivity contribution in [3.63, 3.8) is 0 Å². The van der Waals surface area contributed by atoms with Gasteiger partial charge < -0.3 is 14.4 Å². The van der Waals surface area contributed by atoms with Crippen LogP contribution in [0, 0.1) is 0 Å². The van der Waals surface area contributed by atoms with Crippen LogP contribution in [-0.2, 0) is 9.53 Å². The Balaban J connectivity index is 2.02. The molecule has 1 atom stereocenters. The van der Waals surface area contributed by atoms with Crippen LogP contribution in [0.25, 0.3) is 0 Å². The number of rotatable bonds is 3. The first-order chi connectivity index (χ1) is 9.31. The number of amides is 1. The van der Waals surface area contributed by atoms with E-state index < -0.39 is 0 Å². The summed E-state index contributed by atoms with van der Waals surface area (Å²) in [5, 5.41) is 0.909. The van der Waals surface area contributed by atoms with E-state index >= 15 is 0 Å². The number of hydrogen-bond donors (Lipinski definition) is 0. The van der Waals surface area contributed by atoms with Crippen LogP contribution in [0.3, 0.4) is 0 Å². The molecule has 0 saturated carbocycles. The third-order valence-electron chi connectivity index (χ3n) is 3.21. The van der Waals surface area contributed by atoms with Crippen molar-refractivity contribution >= 4 is 29.1 Å². The van der Waals surface area contributed by atoms with E-state index in [1.807, 2.05) is 20.8 Å². The van der Waals surface area contributed by atoms with Gasteiger partial charge in [-0.05, 0) is 39.0 Å². The van der Waals surface area contributed by atoms with E-state index in [9.17, 15) is 4.79 Å².